The van der Waals surface area contributed by atoms with Crippen LogP contribution in [0.15, 0.2) is 71.9 Å². The minimum atomic E-state index is -0.569. The largest absolute Gasteiger partial charge is 0.376 e. The van der Waals surface area contributed by atoms with Crippen molar-refractivity contribution in [2.24, 2.45) is 0 Å². The van der Waals surface area contributed by atoms with E-state index in [9.17, 15) is 10.1 Å². The molecule has 62 heavy (non-hydrogen) atoms. The summed E-state index contributed by atoms with van der Waals surface area (Å²) in [6.07, 6.45) is 10.2. The number of fused-ring (bicyclic) bond motifs is 4. The van der Waals surface area contributed by atoms with Crippen molar-refractivity contribution in [1.82, 2.24) is 38.2 Å². The van der Waals surface area contributed by atoms with Gasteiger partial charge in [-0.2, -0.15) is 15.5 Å². The molecule has 1 amide bonds. The number of carbonyl (C=O) groups excluding carboxylic acids is 1. The summed E-state index contributed by atoms with van der Waals surface area (Å²) >= 11 is 0. The molecule has 4 aromatic heterocycles. The Labute approximate surface area is 356 Å². The number of imidazole rings is 1. The summed E-state index contributed by atoms with van der Waals surface area (Å²) in [6, 6.07) is 16.7. The smallest absolute Gasteiger partial charge is 0.338 e. The van der Waals surface area contributed by atoms with Crippen LogP contribution in [-0.4, -0.2) is 62.8 Å². The van der Waals surface area contributed by atoms with Crippen LogP contribution in [0.4, 0.5) is 8.78 Å². The van der Waals surface area contributed by atoms with Gasteiger partial charge in [0.25, 0.3) is 5.91 Å². The normalized spacial score (nSPS) is 20.3. The molecule has 14 heteroatoms. The van der Waals surface area contributed by atoms with Crippen LogP contribution in [0.3, 0.4) is 0 Å². The highest BCUT2D eigenvalue weighted by Crippen LogP contribution is 2.56. The van der Waals surface area contributed by atoms with E-state index < -0.39 is 23.0 Å². The topological polar surface area (TPSA) is 121 Å². The van der Waals surface area contributed by atoms with Gasteiger partial charge >= 0.3 is 5.69 Å². The highest BCUT2D eigenvalue weighted by molar-refractivity contribution is 5.99. The zero-order valence-corrected chi connectivity index (χ0v) is 35.5. The van der Waals surface area contributed by atoms with E-state index in [1.807, 2.05) is 24.0 Å². The highest BCUT2D eigenvalue weighted by Gasteiger charge is 2.56. The van der Waals surface area contributed by atoms with Gasteiger partial charge in [-0.05, 0) is 132 Å². The number of nitriles is 1. The van der Waals surface area contributed by atoms with Crippen molar-refractivity contribution >= 4 is 27.7 Å². The number of aryl methyl sites for hydroxylation is 2. The second kappa shape index (κ2) is 13.6. The van der Waals surface area contributed by atoms with Crippen molar-refractivity contribution in [1.29, 1.82) is 5.26 Å². The molecule has 1 spiro atoms. The van der Waals surface area contributed by atoms with Gasteiger partial charge in [0, 0.05) is 58.9 Å². The Morgan fingerprint density at radius 2 is 1.73 bits per heavy atom. The molecule has 0 bridgehead atoms. The number of hydrogen-bond donors (Lipinski definition) is 0. The number of hydrogen-bond acceptors (Lipinski definition) is 6. The van der Waals surface area contributed by atoms with Crippen LogP contribution in [0.1, 0.15) is 116 Å². The maximum atomic E-state index is 15.8. The predicted molar refractivity (Wildman–Crippen MR) is 229 cm³/mol. The predicted octanol–water partition coefficient (Wildman–Crippen LogP) is 8.79. The van der Waals surface area contributed by atoms with Crippen LogP contribution in [0.5, 0.6) is 0 Å². The molecule has 2 aliphatic carbocycles. The number of ether oxygens (including phenoxy) is 1. The maximum absolute atomic E-state index is 15.8. The molecule has 6 heterocycles. The second-order valence-electron chi connectivity index (χ2n) is 18.7. The first kappa shape index (κ1) is 38.6. The summed E-state index contributed by atoms with van der Waals surface area (Å²) in [5.41, 5.74) is 4.96. The first-order chi connectivity index (χ1) is 29.8. The van der Waals surface area contributed by atoms with Gasteiger partial charge in [-0.3, -0.25) is 18.6 Å². The highest BCUT2D eigenvalue weighted by atomic mass is 19.1. The van der Waals surface area contributed by atoms with Gasteiger partial charge in [0.2, 0.25) is 0 Å². The molecular weight excluding hydrogens is 789 g/mol. The number of halogens is 2. The number of aromatic nitrogens is 7. The SMILES string of the molecule is Cc1cc(-n2nc3c(c2-n2ccn(-c4cc(F)c5c(cnn5C5CC5)c4)c2=O)[C@H](C)N(C(=O)c2cc4cc([C@H]5CCOC(C)(C)C5)ccc4n2CC#N)CC32CC2)cc(C)c1F. The molecule has 2 aliphatic heterocycles. The third-order valence-corrected chi connectivity index (χ3v) is 13.9. The van der Waals surface area contributed by atoms with E-state index in [2.05, 4.69) is 37.1 Å². The Balaban J connectivity index is 1.04. The van der Waals surface area contributed by atoms with Crippen LogP contribution in [0, 0.1) is 36.8 Å². The lowest BCUT2D eigenvalue weighted by atomic mass is 9.83. The maximum Gasteiger partial charge on any atom is 0.338 e. The van der Waals surface area contributed by atoms with Crippen molar-refractivity contribution in [3.05, 3.63) is 123 Å². The summed E-state index contributed by atoms with van der Waals surface area (Å²) in [5.74, 6) is -0.264. The quantitative estimate of drug-likeness (QED) is 0.158. The summed E-state index contributed by atoms with van der Waals surface area (Å²) in [4.78, 5) is 31.8. The summed E-state index contributed by atoms with van der Waals surface area (Å²) < 4.78 is 45.1. The van der Waals surface area contributed by atoms with E-state index in [-0.39, 0.29) is 29.9 Å². The lowest BCUT2D eigenvalue weighted by Gasteiger charge is -2.38. The Hall–Kier alpha value is -6.33. The van der Waals surface area contributed by atoms with E-state index >= 15 is 13.6 Å². The molecular formula is C48H47F2N9O3. The van der Waals surface area contributed by atoms with Gasteiger partial charge < -0.3 is 14.2 Å². The molecule has 0 N–H and O–H groups in total. The zero-order chi connectivity index (χ0) is 43.0. The van der Waals surface area contributed by atoms with Gasteiger partial charge in [-0.25, -0.2) is 18.3 Å². The Morgan fingerprint density at radius 3 is 2.44 bits per heavy atom. The van der Waals surface area contributed by atoms with Crippen molar-refractivity contribution in [3.63, 3.8) is 0 Å². The molecule has 0 unspecified atom stereocenters. The van der Waals surface area contributed by atoms with Crippen LogP contribution in [0.25, 0.3) is 39.0 Å². The lowest BCUT2D eigenvalue weighted by molar-refractivity contribution is -0.0592. The molecule has 1 saturated heterocycles. The Kier molecular flexibility index (Phi) is 8.45. The molecule has 2 atom stereocenters. The molecule has 3 fully saturated rings. The molecule has 12 nitrogen and oxygen atoms in total. The lowest BCUT2D eigenvalue weighted by Crippen LogP contribution is -2.45. The minimum absolute atomic E-state index is 0.00402. The summed E-state index contributed by atoms with van der Waals surface area (Å²) in [6.45, 7) is 10.7. The van der Waals surface area contributed by atoms with E-state index in [4.69, 9.17) is 9.84 Å². The summed E-state index contributed by atoms with van der Waals surface area (Å²) in [7, 11) is 0. The average Bonchev–Trinajstić information content (AvgIpc) is 4.05. The van der Waals surface area contributed by atoms with E-state index in [0.717, 1.165) is 55.1 Å². The zero-order valence-electron chi connectivity index (χ0n) is 35.5. The van der Waals surface area contributed by atoms with Gasteiger partial charge in [0.15, 0.2) is 5.82 Å². The molecule has 2 saturated carbocycles. The van der Waals surface area contributed by atoms with Crippen molar-refractivity contribution in [3.8, 4) is 23.3 Å². The van der Waals surface area contributed by atoms with Crippen LogP contribution >= 0.6 is 0 Å². The fourth-order valence-corrected chi connectivity index (χ4v) is 10.4. The number of carbonyl (C=O) groups is 1. The third kappa shape index (κ3) is 5.91. The van der Waals surface area contributed by atoms with Crippen LogP contribution < -0.4 is 5.69 Å². The van der Waals surface area contributed by atoms with Crippen molar-refractivity contribution in [2.45, 2.75) is 109 Å². The molecule has 316 valence electrons. The second-order valence-corrected chi connectivity index (χ2v) is 18.7. The standard InChI is InChI=1S/C48H47F2N9O3/c1-27-18-36(19-28(2)41(27)50)59-44(56-16-15-54(46(56)61)35-21-33-25-52-58(34-7-8-34)42(33)37(49)23-35)40-29(3)57(26-48(11-12-48)43(40)53-59)45(60)39-22-32-20-30(6-9-38(32)55(39)14-13-51)31-10-17-62-47(4,5)24-31/h6,9,15-16,18-23,25,29,31,34H,7-8,10-12,14,17,24,26H2,1-5H3/t29-,31-/m0/s1. The fraction of sp³-hybridized carbons (Fsp3) is 0.396. The molecule has 3 aromatic carbocycles. The van der Waals surface area contributed by atoms with E-state index in [0.29, 0.717) is 69.5 Å². The van der Waals surface area contributed by atoms with Gasteiger partial charge in [-0.15, -0.1) is 0 Å². The minimum Gasteiger partial charge on any atom is -0.376 e. The van der Waals surface area contributed by atoms with Gasteiger partial charge in [0.05, 0.1) is 47.0 Å². The molecule has 4 aliphatic rings. The molecule has 7 aromatic rings. The Morgan fingerprint density at radius 1 is 0.968 bits per heavy atom. The van der Waals surface area contributed by atoms with E-state index in [1.54, 1.807) is 64.6 Å². The number of nitrogens with zero attached hydrogens (tertiary/aromatic N) is 9. The monoisotopic (exact) mass is 835 g/mol. The fourth-order valence-electron chi connectivity index (χ4n) is 10.4. The molecule has 11 rings (SSSR count). The number of amides is 1. The third-order valence-electron chi connectivity index (χ3n) is 13.9. The van der Waals surface area contributed by atoms with Crippen LogP contribution in [-0.2, 0) is 16.7 Å². The van der Waals surface area contributed by atoms with Gasteiger partial charge in [-0.1, -0.05) is 6.07 Å². The van der Waals surface area contributed by atoms with Gasteiger partial charge in [0.1, 0.15) is 29.4 Å². The Bertz CT molecular complexity index is 3110. The number of benzene rings is 3. The van der Waals surface area contributed by atoms with Crippen molar-refractivity contribution < 1.29 is 18.3 Å². The first-order valence-electron chi connectivity index (χ1n) is 21.6. The van der Waals surface area contributed by atoms with E-state index in [1.165, 1.54) is 20.8 Å². The summed E-state index contributed by atoms with van der Waals surface area (Å²) in [5, 5.41) is 21.2. The number of rotatable bonds is 7. The van der Waals surface area contributed by atoms with Crippen LogP contribution in [0.2, 0.25) is 0 Å². The van der Waals surface area contributed by atoms with Crippen molar-refractivity contribution in [2.75, 3.05) is 13.2 Å². The molecule has 0 radical (unpaired) electrons. The first-order valence-corrected chi connectivity index (χ1v) is 21.6. The average molecular weight is 836 g/mol.